The molecule has 0 aliphatic carbocycles. The average molecular weight is 359 g/mol. The zero-order valence-electron chi connectivity index (χ0n) is 10.0. The summed E-state index contributed by atoms with van der Waals surface area (Å²) in [6.45, 7) is -0.253. The summed E-state index contributed by atoms with van der Waals surface area (Å²) >= 11 is 9.03. The highest BCUT2D eigenvalue weighted by Crippen LogP contribution is 2.35. The second-order valence-electron chi connectivity index (χ2n) is 3.88. The van der Waals surface area contributed by atoms with Crippen LogP contribution < -0.4 is 4.74 Å². The number of aliphatic hydroxyl groups excluding tert-OH is 1. The van der Waals surface area contributed by atoms with Crippen molar-refractivity contribution in [3.05, 3.63) is 61.6 Å². The fourth-order valence-corrected chi connectivity index (χ4v) is 2.10. The van der Waals surface area contributed by atoms with E-state index in [1.807, 2.05) is 0 Å². The second kappa shape index (κ2) is 6.21. The van der Waals surface area contributed by atoms with Crippen LogP contribution in [0, 0.1) is 10.1 Å². The normalized spacial score (nSPS) is 10.3. The molecule has 7 heteroatoms. The van der Waals surface area contributed by atoms with Gasteiger partial charge in [-0.3, -0.25) is 10.1 Å². The van der Waals surface area contributed by atoms with E-state index < -0.39 is 4.92 Å². The molecule has 0 saturated carbocycles. The Balaban J connectivity index is 2.44. The van der Waals surface area contributed by atoms with Gasteiger partial charge in [-0.2, -0.15) is 0 Å². The van der Waals surface area contributed by atoms with Crippen LogP contribution >= 0.6 is 27.5 Å². The van der Waals surface area contributed by atoms with Crippen molar-refractivity contribution >= 4 is 33.2 Å². The van der Waals surface area contributed by atoms with Crippen LogP contribution in [0.25, 0.3) is 0 Å². The molecule has 0 atom stereocenters. The van der Waals surface area contributed by atoms with Crippen molar-refractivity contribution in [2.24, 2.45) is 0 Å². The molecular weight excluding hydrogens is 350 g/mol. The van der Waals surface area contributed by atoms with Gasteiger partial charge < -0.3 is 9.84 Å². The van der Waals surface area contributed by atoms with E-state index in [2.05, 4.69) is 15.9 Å². The topological polar surface area (TPSA) is 72.6 Å². The van der Waals surface area contributed by atoms with Crippen LogP contribution in [0.15, 0.2) is 40.9 Å². The zero-order chi connectivity index (χ0) is 14.7. The molecule has 0 aromatic heterocycles. The lowest BCUT2D eigenvalue weighted by molar-refractivity contribution is -0.385. The highest BCUT2D eigenvalue weighted by molar-refractivity contribution is 9.10. The number of rotatable bonds is 4. The van der Waals surface area contributed by atoms with E-state index in [0.29, 0.717) is 15.1 Å². The maximum absolute atomic E-state index is 11.0. The molecule has 2 rings (SSSR count). The van der Waals surface area contributed by atoms with Gasteiger partial charge in [0.2, 0.25) is 5.75 Å². The molecule has 0 saturated heterocycles. The van der Waals surface area contributed by atoms with Crippen molar-refractivity contribution in [1.29, 1.82) is 0 Å². The molecule has 0 heterocycles. The van der Waals surface area contributed by atoms with Crippen LogP contribution in [0.5, 0.6) is 11.5 Å². The van der Waals surface area contributed by atoms with Crippen LogP contribution in [-0.4, -0.2) is 10.0 Å². The van der Waals surface area contributed by atoms with Gasteiger partial charge in [0.15, 0.2) is 0 Å². The van der Waals surface area contributed by atoms with E-state index in [1.165, 1.54) is 18.2 Å². The summed E-state index contributed by atoms with van der Waals surface area (Å²) in [6, 6.07) is 9.16. The molecule has 0 aliphatic rings. The predicted molar refractivity (Wildman–Crippen MR) is 78.2 cm³/mol. The average Bonchev–Trinajstić information content (AvgIpc) is 2.41. The lowest BCUT2D eigenvalue weighted by Crippen LogP contribution is -1.96. The number of aliphatic hydroxyl groups is 1. The maximum Gasteiger partial charge on any atom is 0.312 e. The van der Waals surface area contributed by atoms with E-state index in [0.717, 1.165) is 0 Å². The molecule has 0 unspecified atom stereocenters. The first-order valence-corrected chi connectivity index (χ1v) is 6.69. The fourth-order valence-electron chi connectivity index (χ4n) is 1.59. The summed E-state index contributed by atoms with van der Waals surface area (Å²) in [5, 5.41) is 20.7. The lowest BCUT2D eigenvalue weighted by atomic mass is 10.2. The van der Waals surface area contributed by atoms with Crippen LogP contribution in [0.3, 0.4) is 0 Å². The standard InChI is InChI=1S/C13H9BrClNO4/c14-9-2-4-12(11(5-9)16(18)19)20-13-6-10(15)3-1-8(13)7-17/h1-6,17H,7H2. The molecule has 0 aliphatic heterocycles. The molecule has 0 bridgehead atoms. The van der Waals surface area contributed by atoms with Gasteiger partial charge >= 0.3 is 5.69 Å². The summed E-state index contributed by atoms with van der Waals surface area (Å²) in [4.78, 5) is 10.5. The molecule has 0 amide bonds. The number of benzene rings is 2. The number of hydrogen-bond donors (Lipinski definition) is 1. The molecule has 1 N–H and O–H groups in total. The van der Waals surface area contributed by atoms with Gasteiger partial charge in [-0.15, -0.1) is 0 Å². The number of ether oxygens (including phenoxy) is 1. The zero-order valence-corrected chi connectivity index (χ0v) is 12.4. The van der Waals surface area contributed by atoms with Crippen molar-refractivity contribution in [3.8, 4) is 11.5 Å². The van der Waals surface area contributed by atoms with E-state index in [4.69, 9.17) is 16.3 Å². The van der Waals surface area contributed by atoms with Crippen LogP contribution in [0.2, 0.25) is 5.02 Å². The van der Waals surface area contributed by atoms with Crippen molar-refractivity contribution < 1.29 is 14.8 Å². The minimum absolute atomic E-state index is 0.0789. The van der Waals surface area contributed by atoms with Gasteiger partial charge in [-0.25, -0.2) is 0 Å². The largest absolute Gasteiger partial charge is 0.450 e. The summed E-state index contributed by atoms with van der Waals surface area (Å²) in [6.07, 6.45) is 0. The molecule has 20 heavy (non-hydrogen) atoms. The van der Waals surface area contributed by atoms with E-state index in [1.54, 1.807) is 18.2 Å². The molecule has 104 valence electrons. The number of hydrogen-bond acceptors (Lipinski definition) is 4. The Morgan fingerprint density at radius 3 is 2.65 bits per heavy atom. The van der Waals surface area contributed by atoms with E-state index in [-0.39, 0.29) is 23.8 Å². The van der Waals surface area contributed by atoms with Gasteiger partial charge in [0.1, 0.15) is 5.75 Å². The Morgan fingerprint density at radius 1 is 1.25 bits per heavy atom. The van der Waals surface area contributed by atoms with Crippen LogP contribution in [0.1, 0.15) is 5.56 Å². The van der Waals surface area contributed by atoms with E-state index in [9.17, 15) is 15.2 Å². The summed E-state index contributed by atoms with van der Waals surface area (Å²) in [7, 11) is 0. The molecule has 0 spiro atoms. The molecule has 2 aromatic rings. The Bertz CT molecular complexity index is 663. The van der Waals surface area contributed by atoms with Gasteiger partial charge in [0.05, 0.1) is 11.5 Å². The number of nitro benzene ring substituents is 1. The molecule has 2 aromatic carbocycles. The number of nitro groups is 1. The van der Waals surface area contributed by atoms with Gasteiger partial charge in [0, 0.05) is 21.1 Å². The monoisotopic (exact) mass is 357 g/mol. The highest BCUT2D eigenvalue weighted by Gasteiger charge is 2.17. The first kappa shape index (κ1) is 14.8. The SMILES string of the molecule is O=[N+]([O-])c1cc(Br)ccc1Oc1cc(Cl)ccc1CO. The third-order valence-corrected chi connectivity index (χ3v) is 3.27. The fraction of sp³-hybridized carbons (Fsp3) is 0.0769. The number of halogens is 2. The summed E-state index contributed by atoms with van der Waals surface area (Å²) < 4.78 is 6.10. The Hall–Kier alpha value is -1.63. The molecule has 0 radical (unpaired) electrons. The van der Waals surface area contributed by atoms with Crippen LogP contribution in [-0.2, 0) is 6.61 Å². The summed E-state index contributed by atoms with van der Waals surface area (Å²) in [5.41, 5.74) is 0.315. The molecule has 0 fully saturated rings. The quantitative estimate of drug-likeness (QED) is 0.653. The van der Waals surface area contributed by atoms with E-state index >= 15 is 0 Å². The van der Waals surface area contributed by atoms with Gasteiger partial charge in [0.25, 0.3) is 0 Å². The van der Waals surface area contributed by atoms with Gasteiger partial charge in [-0.1, -0.05) is 33.6 Å². The van der Waals surface area contributed by atoms with Gasteiger partial charge in [-0.05, 0) is 24.3 Å². The third kappa shape index (κ3) is 3.27. The van der Waals surface area contributed by atoms with Crippen molar-refractivity contribution in [1.82, 2.24) is 0 Å². The minimum atomic E-state index is -0.538. The minimum Gasteiger partial charge on any atom is -0.450 e. The first-order valence-electron chi connectivity index (χ1n) is 5.52. The number of nitrogens with zero attached hydrogens (tertiary/aromatic N) is 1. The molecule has 5 nitrogen and oxygen atoms in total. The maximum atomic E-state index is 11.0. The molecular formula is C13H9BrClNO4. The summed E-state index contributed by atoms with van der Waals surface area (Å²) in [5.74, 6) is 0.362. The van der Waals surface area contributed by atoms with Crippen LogP contribution in [0.4, 0.5) is 5.69 Å². The van der Waals surface area contributed by atoms with Crippen molar-refractivity contribution in [2.45, 2.75) is 6.61 Å². The Labute approximate surface area is 128 Å². The van der Waals surface area contributed by atoms with Crippen molar-refractivity contribution in [3.63, 3.8) is 0 Å². The lowest BCUT2D eigenvalue weighted by Gasteiger charge is -2.10. The van der Waals surface area contributed by atoms with Crippen molar-refractivity contribution in [2.75, 3.05) is 0 Å². The second-order valence-corrected chi connectivity index (χ2v) is 5.23. The smallest absolute Gasteiger partial charge is 0.312 e. The Kier molecular flexibility index (Phi) is 4.59. The third-order valence-electron chi connectivity index (χ3n) is 2.54. The Morgan fingerprint density at radius 2 is 2.00 bits per heavy atom. The predicted octanol–water partition coefficient (Wildman–Crippen LogP) is 4.30. The highest BCUT2D eigenvalue weighted by atomic mass is 79.9. The first-order chi connectivity index (χ1) is 9.51.